The molecule has 0 spiro atoms. The summed E-state index contributed by atoms with van der Waals surface area (Å²) in [5.41, 5.74) is 1.50. The number of amides is 1. The Morgan fingerprint density at radius 1 is 1.21 bits per heavy atom. The fraction of sp³-hybridized carbons (Fsp3) is 0.562. The van der Waals surface area contributed by atoms with Gasteiger partial charge in [-0.3, -0.25) is 4.79 Å². The number of carbonyl (C=O) groups excluding carboxylic acids is 1. The highest BCUT2D eigenvalue weighted by Crippen LogP contribution is 2.28. The second-order valence-electron chi connectivity index (χ2n) is 5.50. The van der Waals surface area contributed by atoms with Crippen LogP contribution >= 0.6 is 0 Å². The summed E-state index contributed by atoms with van der Waals surface area (Å²) in [6.07, 6.45) is 6.08. The first kappa shape index (κ1) is 14.1. The van der Waals surface area contributed by atoms with Crippen LogP contribution in [0.25, 0.3) is 0 Å². The van der Waals surface area contributed by atoms with Gasteiger partial charge in [0.25, 0.3) is 5.91 Å². The molecular formula is C16H23NO2. The summed E-state index contributed by atoms with van der Waals surface area (Å²) in [7, 11) is 0. The topological polar surface area (TPSA) is 49.3 Å². The van der Waals surface area contributed by atoms with Crippen LogP contribution in [0.15, 0.2) is 24.3 Å². The second kappa shape index (κ2) is 6.20. The van der Waals surface area contributed by atoms with E-state index in [-0.39, 0.29) is 12.5 Å². The number of aryl methyl sites for hydroxylation is 1. The van der Waals surface area contributed by atoms with Gasteiger partial charge in [0, 0.05) is 5.56 Å². The average Bonchev–Trinajstić information content (AvgIpc) is 2.48. The Bertz CT molecular complexity index is 419. The smallest absolute Gasteiger partial charge is 0.251 e. The molecule has 0 bridgehead atoms. The molecule has 19 heavy (non-hydrogen) atoms. The van der Waals surface area contributed by atoms with E-state index < -0.39 is 5.54 Å². The van der Waals surface area contributed by atoms with Crippen LogP contribution in [-0.4, -0.2) is 23.2 Å². The van der Waals surface area contributed by atoms with Gasteiger partial charge in [-0.05, 0) is 37.0 Å². The number of aliphatic hydroxyl groups is 1. The van der Waals surface area contributed by atoms with E-state index in [1.165, 1.54) is 12.0 Å². The minimum Gasteiger partial charge on any atom is -0.394 e. The Labute approximate surface area is 115 Å². The number of aliphatic hydroxyl groups excluding tert-OH is 1. The van der Waals surface area contributed by atoms with Gasteiger partial charge in [-0.2, -0.15) is 0 Å². The Kier molecular flexibility index (Phi) is 4.59. The lowest BCUT2D eigenvalue weighted by molar-refractivity contribution is 0.0758. The molecule has 0 radical (unpaired) electrons. The Morgan fingerprint density at radius 3 is 2.37 bits per heavy atom. The molecule has 3 heteroatoms. The van der Waals surface area contributed by atoms with E-state index in [0.717, 1.165) is 32.1 Å². The molecule has 1 aliphatic rings. The molecule has 1 aromatic rings. The normalized spacial score (nSPS) is 18.0. The van der Waals surface area contributed by atoms with Crippen molar-refractivity contribution >= 4 is 5.91 Å². The standard InChI is InChI=1S/C16H23NO2/c1-2-13-6-8-14(9-7-13)15(19)17-16(12-18)10-4-3-5-11-16/h6-9,18H,2-5,10-12H2,1H3,(H,17,19). The number of rotatable bonds is 4. The maximum absolute atomic E-state index is 12.3. The monoisotopic (exact) mass is 261 g/mol. The van der Waals surface area contributed by atoms with Crippen molar-refractivity contribution in [3.63, 3.8) is 0 Å². The van der Waals surface area contributed by atoms with E-state index in [1.807, 2.05) is 24.3 Å². The van der Waals surface area contributed by atoms with Gasteiger partial charge in [-0.25, -0.2) is 0 Å². The van der Waals surface area contributed by atoms with Crippen LogP contribution in [0.1, 0.15) is 54.9 Å². The molecule has 2 N–H and O–H groups in total. The first-order valence-electron chi connectivity index (χ1n) is 7.21. The zero-order valence-electron chi connectivity index (χ0n) is 11.6. The van der Waals surface area contributed by atoms with Crippen molar-refractivity contribution in [1.29, 1.82) is 0 Å². The van der Waals surface area contributed by atoms with E-state index >= 15 is 0 Å². The minimum atomic E-state index is -0.404. The summed E-state index contributed by atoms with van der Waals surface area (Å²) in [6, 6.07) is 7.70. The Balaban J connectivity index is 2.06. The molecule has 3 nitrogen and oxygen atoms in total. The number of nitrogens with one attached hydrogen (secondary N) is 1. The number of hydrogen-bond donors (Lipinski definition) is 2. The molecular weight excluding hydrogens is 238 g/mol. The van der Waals surface area contributed by atoms with Gasteiger partial charge in [-0.15, -0.1) is 0 Å². The van der Waals surface area contributed by atoms with E-state index in [2.05, 4.69) is 12.2 Å². The zero-order chi connectivity index (χ0) is 13.7. The molecule has 0 unspecified atom stereocenters. The SMILES string of the molecule is CCc1ccc(C(=O)NC2(CO)CCCCC2)cc1. The van der Waals surface area contributed by atoms with Crippen molar-refractivity contribution in [2.24, 2.45) is 0 Å². The Hall–Kier alpha value is -1.35. The molecule has 104 valence electrons. The number of carbonyl (C=O) groups is 1. The summed E-state index contributed by atoms with van der Waals surface area (Å²) >= 11 is 0. The van der Waals surface area contributed by atoms with Crippen molar-refractivity contribution in [3.05, 3.63) is 35.4 Å². The largest absolute Gasteiger partial charge is 0.394 e. The van der Waals surface area contributed by atoms with Crippen LogP contribution in [0, 0.1) is 0 Å². The van der Waals surface area contributed by atoms with Gasteiger partial charge in [0.15, 0.2) is 0 Å². The van der Waals surface area contributed by atoms with Crippen molar-refractivity contribution < 1.29 is 9.90 Å². The highest BCUT2D eigenvalue weighted by Gasteiger charge is 2.32. The third-order valence-electron chi connectivity index (χ3n) is 4.12. The van der Waals surface area contributed by atoms with Gasteiger partial charge < -0.3 is 10.4 Å². The lowest BCUT2D eigenvalue weighted by Crippen LogP contribution is -2.52. The lowest BCUT2D eigenvalue weighted by atomic mass is 9.82. The number of benzene rings is 1. The van der Waals surface area contributed by atoms with Crippen LogP contribution in [0.2, 0.25) is 0 Å². The predicted octanol–water partition coefficient (Wildman–Crippen LogP) is 2.67. The van der Waals surface area contributed by atoms with Gasteiger partial charge >= 0.3 is 0 Å². The van der Waals surface area contributed by atoms with Crippen molar-refractivity contribution in [2.75, 3.05) is 6.61 Å². The molecule has 1 aromatic carbocycles. The summed E-state index contributed by atoms with van der Waals surface area (Å²) in [4.78, 5) is 12.3. The van der Waals surface area contributed by atoms with E-state index in [4.69, 9.17) is 0 Å². The molecule has 0 atom stereocenters. The summed E-state index contributed by atoms with van der Waals surface area (Å²) in [6.45, 7) is 2.13. The van der Waals surface area contributed by atoms with Crippen LogP contribution < -0.4 is 5.32 Å². The average molecular weight is 261 g/mol. The van der Waals surface area contributed by atoms with Crippen LogP contribution in [0.4, 0.5) is 0 Å². The van der Waals surface area contributed by atoms with Crippen molar-refractivity contribution in [2.45, 2.75) is 51.0 Å². The second-order valence-corrected chi connectivity index (χ2v) is 5.50. The fourth-order valence-corrected chi connectivity index (χ4v) is 2.76. The van der Waals surface area contributed by atoms with Crippen LogP contribution in [0.3, 0.4) is 0 Å². The molecule has 0 aromatic heterocycles. The van der Waals surface area contributed by atoms with Gasteiger partial charge in [0.2, 0.25) is 0 Å². The molecule has 0 saturated heterocycles. The number of hydrogen-bond acceptors (Lipinski definition) is 2. The summed E-state index contributed by atoms with van der Waals surface area (Å²) in [5, 5.41) is 12.7. The first-order valence-corrected chi connectivity index (χ1v) is 7.21. The van der Waals surface area contributed by atoms with Gasteiger partial charge in [0.05, 0.1) is 12.1 Å². The predicted molar refractivity (Wildman–Crippen MR) is 76.2 cm³/mol. The molecule has 2 rings (SSSR count). The zero-order valence-corrected chi connectivity index (χ0v) is 11.6. The van der Waals surface area contributed by atoms with E-state index in [0.29, 0.717) is 5.56 Å². The van der Waals surface area contributed by atoms with E-state index in [1.54, 1.807) is 0 Å². The molecule has 0 heterocycles. The van der Waals surface area contributed by atoms with Crippen LogP contribution in [-0.2, 0) is 6.42 Å². The van der Waals surface area contributed by atoms with Gasteiger partial charge in [0.1, 0.15) is 0 Å². The lowest BCUT2D eigenvalue weighted by Gasteiger charge is -2.36. The maximum Gasteiger partial charge on any atom is 0.251 e. The summed E-state index contributed by atoms with van der Waals surface area (Å²) in [5.74, 6) is -0.0707. The third-order valence-corrected chi connectivity index (χ3v) is 4.12. The van der Waals surface area contributed by atoms with Gasteiger partial charge in [-0.1, -0.05) is 38.3 Å². The third kappa shape index (κ3) is 3.35. The highest BCUT2D eigenvalue weighted by molar-refractivity contribution is 5.94. The van der Waals surface area contributed by atoms with Crippen LogP contribution in [0.5, 0.6) is 0 Å². The summed E-state index contributed by atoms with van der Waals surface area (Å²) < 4.78 is 0. The molecule has 1 fully saturated rings. The quantitative estimate of drug-likeness (QED) is 0.875. The van der Waals surface area contributed by atoms with Crippen molar-refractivity contribution in [1.82, 2.24) is 5.32 Å². The molecule has 1 aliphatic carbocycles. The van der Waals surface area contributed by atoms with Crippen molar-refractivity contribution in [3.8, 4) is 0 Å². The molecule has 0 aliphatic heterocycles. The first-order chi connectivity index (χ1) is 9.19. The minimum absolute atomic E-state index is 0.0335. The maximum atomic E-state index is 12.3. The van der Waals surface area contributed by atoms with E-state index in [9.17, 15) is 9.90 Å². The molecule has 1 amide bonds. The fourth-order valence-electron chi connectivity index (χ4n) is 2.76. The molecule has 1 saturated carbocycles. The Morgan fingerprint density at radius 2 is 1.84 bits per heavy atom. The highest BCUT2D eigenvalue weighted by atomic mass is 16.3.